The van der Waals surface area contributed by atoms with Crippen molar-refractivity contribution < 1.29 is 14.7 Å². The fourth-order valence-electron chi connectivity index (χ4n) is 4.27. The second-order valence-electron chi connectivity index (χ2n) is 7.29. The Morgan fingerprint density at radius 3 is 2.76 bits per heavy atom. The Balaban J connectivity index is 1.54. The minimum absolute atomic E-state index is 0.0493. The van der Waals surface area contributed by atoms with Crippen molar-refractivity contribution in [3.63, 3.8) is 0 Å². The number of carbonyl (C=O) groups excluding carboxylic acids is 1. The Morgan fingerprint density at radius 2 is 2.04 bits per heavy atom. The topological polar surface area (TPSA) is 98.7 Å². The Labute approximate surface area is 146 Å². The minimum Gasteiger partial charge on any atom is -0.481 e. The Bertz CT molecular complexity index is 691. The molecule has 3 saturated heterocycles. The van der Waals surface area contributed by atoms with E-state index in [1.807, 2.05) is 9.80 Å². The van der Waals surface area contributed by atoms with E-state index in [0.29, 0.717) is 37.7 Å². The molecule has 0 aromatic carbocycles. The Hall–Kier alpha value is -2.22. The number of rotatable bonds is 3. The molecule has 8 heteroatoms. The molecule has 2 N–H and O–H groups in total. The minimum atomic E-state index is -0.769. The molecule has 2 atom stereocenters. The van der Waals surface area contributed by atoms with Gasteiger partial charge in [0, 0.05) is 45.2 Å². The number of hydrogen-bond acceptors (Lipinski definition) is 6. The predicted molar refractivity (Wildman–Crippen MR) is 90.4 cm³/mol. The van der Waals surface area contributed by atoms with Gasteiger partial charge in [-0.3, -0.25) is 14.6 Å². The van der Waals surface area contributed by atoms with Crippen LogP contribution in [0.5, 0.6) is 0 Å². The molecule has 0 spiro atoms. The van der Waals surface area contributed by atoms with E-state index in [0.717, 1.165) is 32.4 Å². The third kappa shape index (κ3) is 2.74. The van der Waals surface area contributed by atoms with Gasteiger partial charge in [0.15, 0.2) is 0 Å². The SMILES string of the molecule is O=C(c1cncc(N2C[C@H]3CNC[C@@]3(C(=O)O)C2)n1)N1CCCCC1. The monoisotopic (exact) mass is 345 g/mol. The number of likely N-dealkylation sites (tertiary alicyclic amines) is 1. The molecule has 3 aliphatic rings. The second-order valence-corrected chi connectivity index (χ2v) is 7.29. The molecule has 4 rings (SSSR count). The number of hydrogen-bond donors (Lipinski definition) is 2. The summed E-state index contributed by atoms with van der Waals surface area (Å²) in [4.78, 5) is 36.9. The Kier molecular flexibility index (Phi) is 4.07. The van der Waals surface area contributed by atoms with Crippen LogP contribution in [0.15, 0.2) is 12.4 Å². The number of fused-ring (bicyclic) bond motifs is 1. The van der Waals surface area contributed by atoms with Gasteiger partial charge in [0.05, 0.1) is 12.4 Å². The van der Waals surface area contributed by atoms with E-state index in [9.17, 15) is 14.7 Å². The quantitative estimate of drug-likeness (QED) is 0.808. The van der Waals surface area contributed by atoms with E-state index >= 15 is 0 Å². The zero-order valence-corrected chi connectivity index (χ0v) is 14.1. The number of amides is 1. The summed E-state index contributed by atoms with van der Waals surface area (Å²) in [5.74, 6) is -0.201. The first-order valence-corrected chi connectivity index (χ1v) is 8.90. The van der Waals surface area contributed by atoms with Gasteiger partial charge in [-0.05, 0) is 19.3 Å². The third-order valence-electron chi connectivity index (χ3n) is 5.76. The van der Waals surface area contributed by atoms with Crippen molar-refractivity contribution in [2.45, 2.75) is 19.3 Å². The summed E-state index contributed by atoms with van der Waals surface area (Å²) in [6.07, 6.45) is 6.35. The highest BCUT2D eigenvalue weighted by Crippen LogP contribution is 2.40. The van der Waals surface area contributed by atoms with Gasteiger partial charge in [-0.25, -0.2) is 4.98 Å². The number of nitrogens with zero attached hydrogens (tertiary/aromatic N) is 4. The predicted octanol–water partition coefficient (Wildman–Crippen LogP) is 0.213. The lowest BCUT2D eigenvalue weighted by atomic mass is 9.81. The number of piperidine rings is 1. The summed E-state index contributed by atoms with van der Waals surface area (Å²) in [6.45, 7) is 3.73. The third-order valence-corrected chi connectivity index (χ3v) is 5.76. The van der Waals surface area contributed by atoms with Crippen LogP contribution in [0.25, 0.3) is 0 Å². The maximum Gasteiger partial charge on any atom is 0.313 e. The molecule has 1 aromatic rings. The smallest absolute Gasteiger partial charge is 0.313 e. The molecule has 0 aliphatic carbocycles. The van der Waals surface area contributed by atoms with Gasteiger partial charge in [0.2, 0.25) is 0 Å². The number of aliphatic carboxylic acids is 1. The number of aromatic nitrogens is 2. The lowest BCUT2D eigenvalue weighted by molar-refractivity contribution is -0.148. The van der Waals surface area contributed by atoms with Gasteiger partial charge >= 0.3 is 5.97 Å². The highest BCUT2D eigenvalue weighted by Gasteiger charge is 2.55. The fraction of sp³-hybridized carbons (Fsp3) is 0.647. The van der Waals surface area contributed by atoms with Crippen molar-refractivity contribution in [2.24, 2.45) is 11.3 Å². The molecule has 3 aliphatic heterocycles. The second kappa shape index (κ2) is 6.25. The summed E-state index contributed by atoms with van der Waals surface area (Å²) in [5.41, 5.74) is -0.423. The molecule has 4 heterocycles. The number of nitrogens with one attached hydrogen (secondary N) is 1. The van der Waals surface area contributed by atoms with Crippen LogP contribution in [0, 0.1) is 11.3 Å². The molecule has 0 bridgehead atoms. The molecule has 3 fully saturated rings. The summed E-state index contributed by atoms with van der Waals surface area (Å²) >= 11 is 0. The van der Waals surface area contributed by atoms with Crippen LogP contribution in [0.2, 0.25) is 0 Å². The first-order valence-electron chi connectivity index (χ1n) is 8.90. The van der Waals surface area contributed by atoms with E-state index in [1.165, 1.54) is 6.20 Å². The van der Waals surface area contributed by atoms with E-state index in [-0.39, 0.29) is 11.8 Å². The number of carboxylic acid groups (broad SMARTS) is 1. The van der Waals surface area contributed by atoms with E-state index in [1.54, 1.807) is 6.20 Å². The fourth-order valence-corrected chi connectivity index (χ4v) is 4.27. The van der Waals surface area contributed by atoms with Crippen LogP contribution < -0.4 is 10.2 Å². The molecule has 1 amide bonds. The first kappa shape index (κ1) is 16.3. The number of carbonyl (C=O) groups is 2. The van der Waals surface area contributed by atoms with Gasteiger partial charge < -0.3 is 20.2 Å². The summed E-state index contributed by atoms with van der Waals surface area (Å²) in [6, 6.07) is 0. The Morgan fingerprint density at radius 1 is 1.24 bits per heavy atom. The zero-order chi connectivity index (χ0) is 17.4. The van der Waals surface area contributed by atoms with Crippen LogP contribution in [0.4, 0.5) is 5.82 Å². The molecule has 134 valence electrons. The summed E-state index contributed by atoms with van der Waals surface area (Å²) < 4.78 is 0. The van der Waals surface area contributed by atoms with Gasteiger partial charge in [0.25, 0.3) is 5.91 Å². The van der Waals surface area contributed by atoms with Gasteiger partial charge in [-0.2, -0.15) is 0 Å². The average molecular weight is 345 g/mol. The number of anilines is 1. The van der Waals surface area contributed by atoms with Crippen molar-refractivity contribution in [3.8, 4) is 0 Å². The molecule has 0 radical (unpaired) electrons. The van der Waals surface area contributed by atoms with Crippen LogP contribution in [-0.2, 0) is 4.79 Å². The van der Waals surface area contributed by atoms with Crippen molar-refractivity contribution in [3.05, 3.63) is 18.1 Å². The highest BCUT2D eigenvalue weighted by molar-refractivity contribution is 5.92. The maximum atomic E-state index is 12.6. The summed E-state index contributed by atoms with van der Waals surface area (Å²) in [7, 11) is 0. The zero-order valence-electron chi connectivity index (χ0n) is 14.1. The first-order chi connectivity index (χ1) is 12.1. The maximum absolute atomic E-state index is 12.6. The lowest BCUT2D eigenvalue weighted by Crippen LogP contribution is -2.40. The normalized spacial score (nSPS) is 28.9. The number of carboxylic acids is 1. The van der Waals surface area contributed by atoms with E-state index < -0.39 is 11.4 Å². The van der Waals surface area contributed by atoms with Crippen molar-refractivity contribution in [2.75, 3.05) is 44.2 Å². The molecule has 25 heavy (non-hydrogen) atoms. The average Bonchev–Trinajstić information content (AvgIpc) is 3.20. The molecule has 0 unspecified atom stereocenters. The standard InChI is InChI=1S/C17H23N5O3/c23-15(21-4-2-1-3-5-21)13-7-18-8-14(20-13)22-9-12-6-19-10-17(12,11-22)16(24)25/h7-8,12,19H,1-6,9-11H2,(H,24,25)/t12-,17-/m1/s1. The van der Waals surface area contributed by atoms with E-state index in [2.05, 4.69) is 15.3 Å². The largest absolute Gasteiger partial charge is 0.481 e. The molecular weight excluding hydrogens is 322 g/mol. The van der Waals surface area contributed by atoms with E-state index in [4.69, 9.17) is 0 Å². The molecule has 0 saturated carbocycles. The molecular formula is C17H23N5O3. The van der Waals surface area contributed by atoms with Crippen molar-refractivity contribution in [1.29, 1.82) is 0 Å². The summed E-state index contributed by atoms with van der Waals surface area (Å²) in [5, 5.41) is 12.9. The lowest BCUT2D eigenvalue weighted by Gasteiger charge is -2.27. The van der Waals surface area contributed by atoms with Gasteiger partial charge in [-0.1, -0.05) is 0 Å². The van der Waals surface area contributed by atoms with Gasteiger partial charge in [0.1, 0.15) is 16.9 Å². The molecule has 8 nitrogen and oxygen atoms in total. The highest BCUT2D eigenvalue weighted by atomic mass is 16.4. The van der Waals surface area contributed by atoms with Crippen LogP contribution in [-0.4, -0.2) is 71.1 Å². The van der Waals surface area contributed by atoms with Crippen LogP contribution in [0.3, 0.4) is 0 Å². The van der Waals surface area contributed by atoms with Crippen LogP contribution in [0.1, 0.15) is 29.8 Å². The van der Waals surface area contributed by atoms with Crippen molar-refractivity contribution in [1.82, 2.24) is 20.2 Å². The van der Waals surface area contributed by atoms with Gasteiger partial charge in [-0.15, -0.1) is 0 Å². The molecule has 1 aromatic heterocycles. The van der Waals surface area contributed by atoms with Crippen LogP contribution >= 0.6 is 0 Å². The van der Waals surface area contributed by atoms with Crippen molar-refractivity contribution >= 4 is 17.7 Å².